The molecule has 0 unspecified atom stereocenters. The van der Waals surface area contributed by atoms with Gasteiger partial charge in [-0.25, -0.2) is 13.1 Å². The molecule has 0 atom stereocenters. The van der Waals surface area contributed by atoms with Crippen LogP contribution in [-0.4, -0.2) is 39.4 Å². The van der Waals surface area contributed by atoms with Crippen LogP contribution >= 0.6 is 0 Å². The molecule has 1 aromatic rings. The fourth-order valence-corrected chi connectivity index (χ4v) is 3.24. The van der Waals surface area contributed by atoms with E-state index < -0.39 is 10.0 Å². The second kappa shape index (κ2) is 6.14. The Labute approximate surface area is 136 Å². The summed E-state index contributed by atoms with van der Waals surface area (Å²) in [6, 6.07) is 5.92. The van der Waals surface area contributed by atoms with Crippen molar-refractivity contribution in [1.29, 1.82) is 0 Å². The van der Waals surface area contributed by atoms with Crippen LogP contribution < -0.4 is 4.72 Å². The van der Waals surface area contributed by atoms with Gasteiger partial charge < -0.3 is 4.90 Å². The van der Waals surface area contributed by atoms with Crippen molar-refractivity contribution in [2.24, 2.45) is 4.99 Å². The van der Waals surface area contributed by atoms with E-state index in [1.165, 1.54) is 7.05 Å². The summed E-state index contributed by atoms with van der Waals surface area (Å²) >= 11 is 0. The Morgan fingerprint density at radius 3 is 2.65 bits per heavy atom. The Balaban J connectivity index is 1.89. The summed E-state index contributed by atoms with van der Waals surface area (Å²) in [6.45, 7) is 0. The molecule has 0 saturated heterocycles. The zero-order valence-electron chi connectivity index (χ0n) is 13.2. The molecule has 2 aliphatic rings. The lowest BCUT2D eigenvalue weighted by Crippen LogP contribution is -2.23. The van der Waals surface area contributed by atoms with Gasteiger partial charge in [-0.05, 0) is 48.9 Å². The summed E-state index contributed by atoms with van der Waals surface area (Å²) in [5, 5.41) is 0. The number of sulfonamides is 1. The van der Waals surface area contributed by atoms with Crippen molar-refractivity contribution < 1.29 is 8.42 Å². The second-order valence-corrected chi connectivity index (χ2v) is 7.59. The van der Waals surface area contributed by atoms with Gasteiger partial charge in [-0.1, -0.05) is 6.07 Å². The first kappa shape index (κ1) is 15.7. The number of benzene rings is 1. The smallest absolute Gasteiger partial charge is 0.211 e. The van der Waals surface area contributed by atoms with Crippen LogP contribution in [0, 0.1) is 0 Å². The number of aliphatic imine (C=N–C) groups is 1. The van der Waals surface area contributed by atoms with E-state index in [0.29, 0.717) is 6.42 Å². The summed E-state index contributed by atoms with van der Waals surface area (Å²) in [6.07, 6.45) is 10.4. The van der Waals surface area contributed by atoms with E-state index in [0.717, 1.165) is 28.0 Å². The van der Waals surface area contributed by atoms with Crippen LogP contribution in [0.5, 0.6) is 0 Å². The van der Waals surface area contributed by atoms with Crippen LogP contribution in [0.2, 0.25) is 0 Å². The number of nitrogens with one attached hydrogen (secondary N) is 1. The Morgan fingerprint density at radius 2 is 1.96 bits per heavy atom. The molecule has 0 aliphatic carbocycles. The summed E-state index contributed by atoms with van der Waals surface area (Å²) in [5.41, 5.74) is 5.14. The number of fused-ring (bicyclic) bond motifs is 1. The highest BCUT2D eigenvalue weighted by Gasteiger charge is 2.17. The normalized spacial score (nSPS) is 16.3. The van der Waals surface area contributed by atoms with E-state index in [1.807, 2.05) is 48.8 Å². The molecule has 3 rings (SSSR count). The molecule has 0 bridgehead atoms. The highest BCUT2D eigenvalue weighted by atomic mass is 32.2. The van der Waals surface area contributed by atoms with E-state index in [2.05, 4.69) is 21.9 Å². The number of hydrogen-bond acceptors (Lipinski definition) is 4. The lowest BCUT2D eigenvalue weighted by molar-refractivity contribution is 0.587. The van der Waals surface area contributed by atoms with Crippen molar-refractivity contribution in [2.75, 3.05) is 19.8 Å². The maximum atomic E-state index is 11.6. The van der Waals surface area contributed by atoms with Gasteiger partial charge in [0.1, 0.15) is 0 Å². The van der Waals surface area contributed by atoms with Crippen molar-refractivity contribution in [3.05, 3.63) is 59.5 Å². The first-order chi connectivity index (χ1) is 11.0. The Hall–Kier alpha value is -2.18. The minimum absolute atomic E-state index is 0.0830. The molecule has 0 amide bonds. The molecule has 6 heteroatoms. The van der Waals surface area contributed by atoms with Crippen molar-refractivity contribution in [2.45, 2.75) is 6.42 Å². The maximum Gasteiger partial charge on any atom is 0.211 e. The zero-order chi connectivity index (χ0) is 16.4. The first-order valence-corrected chi connectivity index (χ1v) is 9.05. The first-order valence-electron chi connectivity index (χ1n) is 7.40. The monoisotopic (exact) mass is 329 g/mol. The molecule has 0 fully saturated rings. The van der Waals surface area contributed by atoms with E-state index in [9.17, 15) is 8.42 Å². The van der Waals surface area contributed by atoms with Crippen molar-refractivity contribution in [1.82, 2.24) is 9.62 Å². The van der Waals surface area contributed by atoms with E-state index in [4.69, 9.17) is 0 Å². The molecule has 23 heavy (non-hydrogen) atoms. The number of hydrogen-bond donors (Lipinski definition) is 1. The van der Waals surface area contributed by atoms with Crippen LogP contribution in [0.15, 0.2) is 53.3 Å². The van der Waals surface area contributed by atoms with Gasteiger partial charge in [0.25, 0.3) is 0 Å². The van der Waals surface area contributed by atoms with Crippen LogP contribution in [-0.2, 0) is 16.4 Å². The molecular weight excluding hydrogens is 310 g/mol. The molecule has 0 saturated carbocycles. The highest BCUT2D eigenvalue weighted by Crippen LogP contribution is 2.35. The Kier molecular flexibility index (Phi) is 4.19. The maximum absolute atomic E-state index is 11.6. The van der Waals surface area contributed by atoms with Crippen molar-refractivity contribution in [3.8, 4) is 0 Å². The summed E-state index contributed by atoms with van der Waals surface area (Å²) in [5.74, 6) is 0.0830. The quantitative estimate of drug-likeness (QED) is 0.921. The molecule has 2 heterocycles. The van der Waals surface area contributed by atoms with Crippen LogP contribution in [0.4, 0.5) is 5.69 Å². The van der Waals surface area contributed by atoms with E-state index >= 15 is 0 Å². The van der Waals surface area contributed by atoms with Crippen LogP contribution in [0.3, 0.4) is 0 Å². The Morgan fingerprint density at radius 1 is 1.22 bits per heavy atom. The predicted molar refractivity (Wildman–Crippen MR) is 94.1 cm³/mol. The average Bonchev–Trinajstić information content (AvgIpc) is 2.97. The van der Waals surface area contributed by atoms with Gasteiger partial charge in [-0.2, -0.15) is 0 Å². The molecule has 1 aromatic carbocycles. The van der Waals surface area contributed by atoms with Gasteiger partial charge in [-0.3, -0.25) is 4.99 Å². The molecule has 120 valence electrons. The minimum atomic E-state index is -3.19. The molecule has 0 aromatic heterocycles. The van der Waals surface area contributed by atoms with Gasteiger partial charge in [0, 0.05) is 36.8 Å². The molecule has 1 N–H and O–H groups in total. The van der Waals surface area contributed by atoms with E-state index in [-0.39, 0.29) is 5.75 Å². The number of rotatable bonds is 4. The third kappa shape index (κ3) is 3.43. The van der Waals surface area contributed by atoms with Gasteiger partial charge in [-0.15, -0.1) is 0 Å². The minimum Gasteiger partial charge on any atom is -0.357 e. The van der Waals surface area contributed by atoms with Gasteiger partial charge >= 0.3 is 0 Å². The fourth-order valence-electron chi connectivity index (χ4n) is 2.54. The average molecular weight is 329 g/mol. The van der Waals surface area contributed by atoms with Gasteiger partial charge in [0.15, 0.2) is 0 Å². The second-order valence-electron chi connectivity index (χ2n) is 5.55. The number of nitrogens with zero attached hydrogens (tertiary/aromatic N) is 2. The standard InChI is InChI=1S/C17H19N3O2S/c1-18-23(21,22)10-7-13-3-4-17-15(11-13)16(12-19-17)14-5-8-20(2)9-6-14/h3-6,8-9,11-12,18H,7,10H2,1-2H3. The topological polar surface area (TPSA) is 61.8 Å². The lowest BCUT2D eigenvalue weighted by atomic mass is 9.98. The summed E-state index contributed by atoms with van der Waals surface area (Å²) in [7, 11) is 0.222. The van der Waals surface area contributed by atoms with Crippen LogP contribution in [0.1, 0.15) is 11.1 Å². The zero-order valence-corrected chi connectivity index (χ0v) is 14.0. The summed E-state index contributed by atoms with van der Waals surface area (Å²) < 4.78 is 25.5. The molecule has 0 radical (unpaired) electrons. The SMILES string of the molecule is CNS(=O)(=O)CCc1ccc2c(c1)C(=C1C=CN(C)C=C1)C=N2. The molecule has 0 spiro atoms. The number of allylic oxidation sites excluding steroid dienone is 4. The lowest BCUT2D eigenvalue weighted by Gasteiger charge is -2.14. The van der Waals surface area contributed by atoms with Crippen molar-refractivity contribution in [3.63, 3.8) is 0 Å². The molecule has 5 nitrogen and oxygen atoms in total. The fraction of sp³-hybridized carbons (Fsp3) is 0.235. The van der Waals surface area contributed by atoms with Crippen molar-refractivity contribution >= 4 is 27.5 Å². The third-order valence-corrected chi connectivity index (χ3v) is 5.31. The number of aryl methyl sites for hydroxylation is 1. The summed E-state index contributed by atoms with van der Waals surface area (Å²) in [4.78, 5) is 6.43. The third-order valence-electron chi connectivity index (χ3n) is 3.94. The van der Waals surface area contributed by atoms with E-state index in [1.54, 1.807) is 0 Å². The van der Waals surface area contributed by atoms with Crippen LogP contribution in [0.25, 0.3) is 5.57 Å². The van der Waals surface area contributed by atoms with Gasteiger partial charge in [0.2, 0.25) is 10.0 Å². The predicted octanol–water partition coefficient (Wildman–Crippen LogP) is 2.22. The highest BCUT2D eigenvalue weighted by molar-refractivity contribution is 7.89. The molecular formula is C17H19N3O2S. The largest absolute Gasteiger partial charge is 0.357 e. The van der Waals surface area contributed by atoms with Gasteiger partial charge in [0.05, 0.1) is 11.4 Å². The molecule has 2 aliphatic heterocycles. The Bertz CT molecular complexity index is 833.